The van der Waals surface area contributed by atoms with E-state index in [2.05, 4.69) is 4.98 Å². The van der Waals surface area contributed by atoms with Crippen LogP contribution in [0.15, 0.2) is 36.5 Å². The molecule has 2 aromatic rings. The van der Waals surface area contributed by atoms with Crippen LogP contribution in [-0.2, 0) is 13.1 Å². The van der Waals surface area contributed by atoms with Gasteiger partial charge in [-0.15, -0.1) is 0 Å². The van der Waals surface area contributed by atoms with E-state index in [4.69, 9.17) is 5.73 Å². The third-order valence-electron chi connectivity index (χ3n) is 3.46. The molecule has 1 aromatic carbocycles. The molecule has 1 aliphatic rings. The molecule has 0 fully saturated rings. The molecule has 7 heteroatoms. The highest BCUT2D eigenvalue weighted by atomic mass is 16.6. The first-order valence-corrected chi connectivity index (χ1v) is 6.32. The van der Waals surface area contributed by atoms with Crippen molar-refractivity contribution in [3.8, 4) is 0 Å². The molecule has 0 saturated heterocycles. The zero-order valence-electron chi connectivity index (χ0n) is 11.0. The monoisotopic (exact) mass is 284 g/mol. The Hall–Kier alpha value is -2.96. The highest BCUT2D eigenvalue weighted by Crippen LogP contribution is 2.27. The van der Waals surface area contributed by atoms with Crippen LogP contribution in [0.25, 0.3) is 0 Å². The van der Waals surface area contributed by atoms with Crippen molar-refractivity contribution >= 4 is 17.4 Å². The second-order valence-corrected chi connectivity index (χ2v) is 4.81. The van der Waals surface area contributed by atoms with E-state index in [1.807, 2.05) is 24.3 Å². The first kappa shape index (κ1) is 13.0. The first-order chi connectivity index (χ1) is 10.1. The van der Waals surface area contributed by atoms with Crippen LogP contribution < -0.4 is 5.73 Å². The molecule has 0 unspecified atom stereocenters. The Morgan fingerprint density at radius 1 is 1.29 bits per heavy atom. The van der Waals surface area contributed by atoms with Gasteiger partial charge in [-0.05, 0) is 17.2 Å². The molecule has 2 N–H and O–H groups in total. The van der Waals surface area contributed by atoms with Gasteiger partial charge in [-0.3, -0.25) is 14.9 Å². The van der Waals surface area contributed by atoms with Crippen molar-refractivity contribution in [2.45, 2.75) is 13.1 Å². The van der Waals surface area contributed by atoms with Gasteiger partial charge in [0.25, 0.3) is 11.6 Å². The fourth-order valence-electron chi connectivity index (χ4n) is 2.43. The molecule has 7 nitrogen and oxygen atoms in total. The Balaban J connectivity index is 1.94. The number of aromatic nitrogens is 1. The number of nitrogens with two attached hydrogens (primary N) is 1. The standard InChI is InChI=1S/C14H12N4O3/c15-13-5-11(12(6-16-13)18(20)21)14(19)17-7-9-3-1-2-4-10(9)8-17/h1-6H,7-8H2,(H2,15,16). The average Bonchev–Trinajstić information content (AvgIpc) is 2.89. The lowest BCUT2D eigenvalue weighted by Gasteiger charge is -2.15. The number of anilines is 1. The molecule has 1 amide bonds. The van der Waals surface area contributed by atoms with Crippen molar-refractivity contribution < 1.29 is 9.72 Å². The fraction of sp³-hybridized carbons (Fsp3) is 0.143. The summed E-state index contributed by atoms with van der Waals surface area (Å²) in [4.78, 5) is 28.2. The van der Waals surface area contributed by atoms with Crippen LogP contribution in [0.1, 0.15) is 21.5 Å². The van der Waals surface area contributed by atoms with E-state index < -0.39 is 10.8 Å². The number of rotatable bonds is 2. The number of hydrogen-bond donors (Lipinski definition) is 1. The van der Waals surface area contributed by atoms with E-state index in [0.29, 0.717) is 13.1 Å². The van der Waals surface area contributed by atoms with Crippen LogP contribution in [-0.4, -0.2) is 20.7 Å². The molecule has 0 aliphatic carbocycles. The number of benzene rings is 1. The molecule has 1 aliphatic heterocycles. The molecule has 0 spiro atoms. The summed E-state index contributed by atoms with van der Waals surface area (Å²) in [7, 11) is 0. The molecular weight excluding hydrogens is 272 g/mol. The molecule has 0 radical (unpaired) electrons. The van der Waals surface area contributed by atoms with Gasteiger partial charge in [0.2, 0.25) is 0 Å². The summed E-state index contributed by atoms with van der Waals surface area (Å²) < 4.78 is 0. The molecule has 106 valence electrons. The predicted molar refractivity (Wildman–Crippen MR) is 75.3 cm³/mol. The summed E-state index contributed by atoms with van der Waals surface area (Å²) in [5.74, 6) is -0.326. The number of nitrogen functional groups attached to an aromatic ring is 1. The zero-order chi connectivity index (χ0) is 15.0. The largest absolute Gasteiger partial charge is 0.384 e. The van der Waals surface area contributed by atoms with Gasteiger partial charge in [0.15, 0.2) is 0 Å². The van der Waals surface area contributed by atoms with Gasteiger partial charge >= 0.3 is 0 Å². The minimum atomic E-state index is -0.622. The van der Waals surface area contributed by atoms with Crippen LogP contribution >= 0.6 is 0 Å². The summed E-state index contributed by atoms with van der Waals surface area (Å²) in [5.41, 5.74) is 7.29. The molecule has 0 bridgehead atoms. The molecular formula is C14H12N4O3. The minimum Gasteiger partial charge on any atom is -0.384 e. The van der Waals surface area contributed by atoms with Crippen molar-refractivity contribution in [3.05, 3.63) is 63.3 Å². The van der Waals surface area contributed by atoms with Crippen LogP contribution in [0.4, 0.5) is 11.5 Å². The second-order valence-electron chi connectivity index (χ2n) is 4.81. The van der Waals surface area contributed by atoms with Gasteiger partial charge in [0.05, 0.1) is 4.92 Å². The second kappa shape index (κ2) is 4.86. The third kappa shape index (κ3) is 2.29. The Labute approximate surface area is 120 Å². The minimum absolute atomic E-state index is 0.0275. The quantitative estimate of drug-likeness (QED) is 0.668. The smallest absolute Gasteiger partial charge is 0.300 e. The molecule has 1 aromatic heterocycles. The molecule has 21 heavy (non-hydrogen) atoms. The number of amides is 1. The molecule has 0 saturated carbocycles. The lowest BCUT2D eigenvalue weighted by atomic mass is 10.1. The lowest BCUT2D eigenvalue weighted by Crippen LogP contribution is -2.26. The van der Waals surface area contributed by atoms with Crippen LogP contribution in [0.2, 0.25) is 0 Å². The third-order valence-corrected chi connectivity index (χ3v) is 3.46. The van der Waals surface area contributed by atoms with Gasteiger partial charge in [0.1, 0.15) is 17.6 Å². The maximum Gasteiger partial charge on any atom is 0.300 e. The van der Waals surface area contributed by atoms with Gasteiger partial charge in [0, 0.05) is 13.1 Å². The summed E-state index contributed by atoms with van der Waals surface area (Å²) in [5, 5.41) is 11.0. The normalized spacial score (nSPS) is 13.0. The van der Waals surface area contributed by atoms with Crippen LogP contribution in [0.3, 0.4) is 0 Å². The Morgan fingerprint density at radius 3 is 2.48 bits per heavy atom. The van der Waals surface area contributed by atoms with E-state index in [9.17, 15) is 14.9 Å². The number of hydrogen-bond acceptors (Lipinski definition) is 5. The van der Waals surface area contributed by atoms with Crippen molar-refractivity contribution in [2.24, 2.45) is 0 Å². The summed E-state index contributed by atoms with van der Waals surface area (Å²) >= 11 is 0. The van der Waals surface area contributed by atoms with Crippen molar-refractivity contribution in [1.82, 2.24) is 9.88 Å². The van der Waals surface area contributed by atoms with Crippen molar-refractivity contribution in [1.29, 1.82) is 0 Å². The first-order valence-electron chi connectivity index (χ1n) is 6.32. The Kier molecular flexibility index (Phi) is 3.02. The molecule has 0 atom stereocenters. The van der Waals surface area contributed by atoms with E-state index in [-0.39, 0.29) is 17.1 Å². The number of nitro groups is 1. The maximum absolute atomic E-state index is 12.5. The van der Waals surface area contributed by atoms with E-state index in [0.717, 1.165) is 17.3 Å². The Bertz CT molecular complexity index is 720. The summed E-state index contributed by atoms with van der Waals surface area (Å²) in [6.45, 7) is 0.878. The van der Waals surface area contributed by atoms with Gasteiger partial charge in [-0.1, -0.05) is 24.3 Å². The molecule has 2 heterocycles. The predicted octanol–water partition coefficient (Wildman–Crippen LogP) is 1.73. The Morgan fingerprint density at radius 2 is 1.90 bits per heavy atom. The van der Waals surface area contributed by atoms with Gasteiger partial charge < -0.3 is 10.6 Å². The number of fused-ring (bicyclic) bond motifs is 1. The van der Waals surface area contributed by atoms with Gasteiger partial charge in [-0.2, -0.15) is 0 Å². The molecule has 3 rings (SSSR count). The summed E-state index contributed by atoms with van der Waals surface area (Å²) in [6.07, 6.45) is 1.02. The summed E-state index contributed by atoms with van der Waals surface area (Å²) in [6, 6.07) is 8.94. The lowest BCUT2D eigenvalue weighted by molar-refractivity contribution is -0.385. The SMILES string of the molecule is Nc1cc(C(=O)N2Cc3ccccc3C2)c([N+](=O)[O-])cn1. The van der Waals surface area contributed by atoms with Crippen LogP contribution in [0, 0.1) is 10.1 Å². The van der Waals surface area contributed by atoms with Gasteiger partial charge in [-0.25, -0.2) is 4.98 Å². The van der Waals surface area contributed by atoms with E-state index in [1.165, 1.54) is 6.07 Å². The number of carbonyl (C=O) groups excluding carboxylic acids is 1. The number of carbonyl (C=O) groups is 1. The highest BCUT2D eigenvalue weighted by molar-refractivity contribution is 5.98. The fourth-order valence-corrected chi connectivity index (χ4v) is 2.43. The van der Waals surface area contributed by atoms with Crippen molar-refractivity contribution in [2.75, 3.05) is 5.73 Å². The van der Waals surface area contributed by atoms with E-state index in [1.54, 1.807) is 4.90 Å². The van der Waals surface area contributed by atoms with Crippen molar-refractivity contribution in [3.63, 3.8) is 0 Å². The topological polar surface area (TPSA) is 102 Å². The number of nitrogens with zero attached hydrogens (tertiary/aromatic N) is 3. The number of pyridine rings is 1. The van der Waals surface area contributed by atoms with E-state index >= 15 is 0 Å². The zero-order valence-corrected chi connectivity index (χ0v) is 11.0. The highest BCUT2D eigenvalue weighted by Gasteiger charge is 2.29. The van der Waals surface area contributed by atoms with Crippen LogP contribution in [0.5, 0.6) is 0 Å². The average molecular weight is 284 g/mol. The maximum atomic E-state index is 12.5.